The Hall–Kier alpha value is -1.15. The molecule has 0 spiro atoms. The number of allylic oxidation sites excluding steroid dienone is 1. The van der Waals surface area contributed by atoms with Gasteiger partial charge >= 0.3 is 0 Å². The highest BCUT2D eigenvalue weighted by Gasteiger charge is 1.98. The minimum atomic E-state index is 0.945. The Morgan fingerprint density at radius 1 is 1.58 bits per heavy atom. The average molecular weight is 175 g/mol. The van der Waals surface area contributed by atoms with Gasteiger partial charge < -0.3 is 0 Å². The summed E-state index contributed by atoms with van der Waals surface area (Å²) in [6.07, 6.45) is 4.69. The molecule has 0 aromatic carbocycles. The first kappa shape index (κ1) is 7.50. The van der Waals surface area contributed by atoms with E-state index in [0.29, 0.717) is 0 Å². The summed E-state index contributed by atoms with van der Waals surface area (Å²) >= 11 is 1.79. The Labute approximate surface area is 75.4 Å². The summed E-state index contributed by atoms with van der Waals surface area (Å²) in [6.45, 7) is 3.71. The highest BCUT2D eigenvalue weighted by atomic mass is 32.1. The van der Waals surface area contributed by atoms with Gasteiger partial charge in [-0.15, -0.1) is 17.9 Å². The zero-order valence-corrected chi connectivity index (χ0v) is 7.47. The summed E-state index contributed by atoms with van der Waals surface area (Å²) in [5, 5.41) is 0. The van der Waals surface area contributed by atoms with Crippen LogP contribution in [0.5, 0.6) is 0 Å². The molecule has 0 fully saturated rings. The lowest BCUT2D eigenvalue weighted by molar-refractivity contribution is 1.35. The molecular weight excluding hydrogens is 166 g/mol. The maximum Gasteiger partial charge on any atom is 0.0812 e. The van der Waals surface area contributed by atoms with Crippen molar-refractivity contribution in [2.75, 3.05) is 0 Å². The maximum atomic E-state index is 4.26. The highest BCUT2D eigenvalue weighted by Crippen LogP contribution is 2.23. The van der Waals surface area contributed by atoms with Gasteiger partial charge in [0, 0.05) is 11.1 Å². The van der Waals surface area contributed by atoms with Crippen molar-refractivity contribution in [2.24, 2.45) is 0 Å². The van der Waals surface area contributed by atoms with Gasteiger partial charge in [0.05, 0.1) is 10.2 Å². The van der Waals surface area contributed by atoms with Crippen molar-refractivity contribution in [1.29, 1.82) is 0 Å². The standard InChI is InChI=1S/C10H9NS/c1-2-4-8-7-9-10(12-8)5-3-6-11-9/h2-3,5-7H,1,4H2. The SMILES string of the molecule is C=CCc1cc2ncccc2s1. The first-order valence-electron chi connectivity index (χ1n) is 3.84. The molecule has 0 aliphatic carbocycles. The van der Waals surface area contributed by atoms with E-state index in [-0.39, 0.29) is 0 Å². The molecule has 0 unspecified atom stereocenters. The lowest BCUT2D eigenvalue weighted by Gasteiger charge is -1.82. The van der Waals surface area contributed by atoms with E-state index in [1.807, 2.05) is 18.3 Å². The van der Waals surface area contributed by atoms with Crippen molar-refractivity contribution in [2.45, 2.75) is 6.42 Å². The summed E-state index contributed by atoms with van der Waals surface area (Å²) in [7, 11) is 0. The molecule has 2 aromatic rings. The van der Waals surface area contributed by atoms with Crippen LogP contribution in [0.4, 0.5) is 0 Å². The van der Waals surface area contributed by atoms with E-state index in [9.17, 15) is 0 Å². The predicted molar refractivity (Wildman–Crippen MR) is 53.5 cm³/mol. The molecule has 60 valence electrons. The first-order chi connectivity index (χ1) is 5.90. The van der Waals surface area contributed by atoms with Gasteiger partial charge in [0.15, 0.2) is 0 Å². The molecule has 0 saturated heterocycles. The van der Waals surface area contributed by atoms with E-state index in [1.165, 1.54) is 9.58 Å². The monoisotopic (exact) mass is 175 g/mol. The third-order valence-electron chi connectivity index (χ3n) is 1.68. The summed E-state index contributed by atoms with van der Waals surface area (Å²) in [4.78, 5) is 5.59. The van der Waals surface area contributed by atoms with E-state index < -0.39 is 0 Å². The van der Waals surface area contributed by atoms with E-state index in [4.69, 9.17) is 0 Å². The predicted octanol–water partition coefficient (Wildman–Crippen LogP) is 3.02. The van der Waals surface area contributed by atoms with Crippen LogP contribution in [-0.4, -0.2) is 4.98 Å². The van der Waals surface area contributed by atoms with E-state index in [0.717, 1.165) is 11.9 Å². The van der Waals surface area contributed by atoms with Crippen LogP contribution in [0.25, 0.3) is 10.2 Å². The van der Waals surface area contributed by atoms with Crippen LogP contribution in [0.3, 0.4) is 0 Å². The molecule has 0 aliphatic heterocycles. The average Bonchev–Trinajstić information content (AvgIpc) is 2.47. The number of hydrogen-bond donors (Lipinski definition) is 0. The normalized spacial score (nSPS) is 10.3. The van der Waals surface area contributed by atoms with Gasteiger partial charge in [0.1, 0.15) is 0 Å². The molecule has 2 heteroatoms. The lowest BCUT2D eigenvalue weighted by Crippen LogP contribution is -1.69. The third kappa shape index (κ3) is 1.25. The quantitative estimate of drug-likeness (QED) is 0.639. The van der Waals surface area contributed by atoms with Crippen molar-refractivity contribution in [3.63, 3.8) is 0 Å². The fourth-order valence-corrected chi connectivity index (χ4v) is 2.18. The fraction of sp³-hybridized carbons (Fsp3) is 0.100. The van der Waals surface area contributed by atoms with Gasteiger partial charge in [-0.05, 0) is 24.6 Å². The van der Waals surface area contributed by atoms with Crippen LogP contribution >= 0.6 is 11.3 Å². The molecule has 2 rings (SSSR count). The molecule has 0 saturated carbocycles. The Bertz CT molecular complexity index is 370. The van der Waals surface area contributed by atoms with Gasteiger partial charge in [-0.1, -0.05) is 6.08 Å². The zero-order valence-electron chi connectivity index (χ0n) is 6.66. The third-order valence-corrected chi connectivity index (χ3v) is 2.80. The second kappa shape index (κ2) is 3.07. The molecular formula is C10H9NS. The molecule has 0 amide bonds. The molecule has 0 bridgehead atoms. The van der Waals surface area contributed by atoms with Gasteiger partial charge in [-0.25, -0.2) is 0 Å². The van der Waals surface area contributed by atoms with Crippen molar-refractivity contribution >= 4 is 21.6 Å². The molecule has 0 N–H and O–H groups in total. The number of rotatable bonds is 2. The molecule has 0 radical (unpaired) electrons. The van der Waals surface area contributed by atoms with Crippen LogP contribution in [0, 0.1) is 0 Å². The number of nitrogens with zero attached hydrogens (tertiary/aromatic N) is 1. The Balaban J connectivity index is 2.54. The summed E-state index contributed by atoms with van der Waals surface area (Å²) in [6, 6.07) is 6.19. The van der Waals surface area contributed by atoms with E-state index in [1.54, 1.807) is 11.3 Å². The van der Waals surface area contributed by atoms with Crippen molar-refractivity contribution < 1.29 is 0 Å². The first-order valence-corrected chi connectivity index (χ1v) is 4.66. The topological polar surface area (TPSA) is 12.9 Å². The van der Waals surface area contributed by atoms with Gasteiger partial charge in [-0.2, -0.15) is 0 Å². The second-order valence-corrected chi connectivity index (χ2v) is 3.76. The minimum Gasteiger partial charge on any atom is -0.255 e. The largest absolute Gasteiger partial charge is 0.255 e. The smallest absolute Gasteiger partial charge is 0.0812 e. The van der Waals surface area contributed by atoms with Crippen molar-refractivity contribution in [1.82, 2.24) is 4.98 Å². The van der Waals surface area contributed by atoms with Gasteiger partial charge in [-0.3, -0.25) is 4.98 Å². The number of pyridine rings is 1. The molecule has 1 nitrogen and oxygen atoms in total. The molecule has 0 aliphatic rings. The van der Waals surface area contributed by atoms with Crippen molar-refractivity contribution in [3.05, 3.63) is 41.9 Å². The lowest BCUT2D eigenvalue weighted by atomic mass is 10.3. The number of thiophene rings is 1. The van der Waals surface area contributed by atoms with Crippen LogP contribution in [0.1, 0.15) is 4.88 Å². The Morgan fingerprint density at radius 2 is 2.50 bits per heavy atom. The number of hydrogen-bond acceptors (Lipinski definition) is 2. The summed E-state index contributed by atoms with van der Waals surface area (Å²) in [5.41, 5.74) is 1.10. The van der Waals surface area contributed by atoms with Gasteiger partial charge in [0.2, 0.25) is 0 Å². The van der Waals surface area contributed by atoms with Crippen molar-refractivity contribution in [3.8, 4) is 0 Å². The second-order valence-electron chi connectivity index (χ2n) is 2.59. The Kier molecular flexibility index (Phi) is 1.92. The maximum absolute atomic E-state index is 4.26. The molecule has 0 atom stereocenters. The summed E-state index contributed by atoms with van der Waals surface area (Å²) in [5.74, 6) is 0. The number of fused-ring (bicyclic) bond motifs is 1. The van der Waals surface area contributed by atoms with Crippen LogP contribution in [0.15, 0.2) is 37.1 Å². The van der Waals surface area contributed by atoms with Gasteiger partial charge in [0.25, 0.3) is 0 Å². The molecule has 12 heavy (non-hydrogen) atoms. The summed E-state index contributed by atoms with van der Waals surface area (Å²) < 4.78 is 1.26. The fourth-order valence-electron chi connectivity index (χ4n) is 1.16. The van der Waals surface area contributed by atoms with Crippen LogP contribution in [-0.2, 0) is 6.42 Å². The van der Waals surface area contributed by atoms with Crippen LogP contribution in [0.2, 0.25) is 0 Å². The van der Waals surface area contributed by atoms with E-state index >= 15 is 0 Å². The minimum absolute atomic E-state index is 0.945. The van der Waals surface area contributed by atoms with E-state index in [2.05, 4.69) is 23.7 Å². The molecule has 2 aromatic heterocycles. The highest BCUT2D eigenvalue weighted by molar-refractivity contribution is 7.19. The number of aromatic nitrogens is 1. The molecule has 2 heterocycles. The zero-order chi connectivity index (χ0) is 8.39. The van der Waals surface area contributed by atoms with Crippen LogP contribution < -0.4 is 0 Å². The Morgan fingerprint density at radius 3 is 3.25 bits per heavy atom.